The van der Waals surface area contributed by atoms with Gasteiger partial charge in [0.1, 0.15) is 5.82 Å². The Kier molecular flexibility index (Phi) is 4.57. The van der Waals surface area contributed by atoms with Gasteiger partial charge >= 0.3 is 0 Å². The molecule has 2 N–H and O–H groups in total. The van der Waals surface area contributed by atoms with E-state index in [1.807, 2.05) is 6.07 Å². The van der Waals surface area contributed by atoms with Crippen LogP contribution in [0.1, 0.15) is 36.6 Å². The van der Waals surface area contributed by atoms with Crippen molar-refractivity contribution in [2.24, 2.45) is 11.7 Å². The highest BCUT2D eigenvalue weighted by Gasteiger charge is 2.25. The van der Waals surface area contributed by atoms with Gasteiger partial charge in [-0.3, -0.25) is 4.90 Å². The van der Waals surface area contributed by atoms with Gasteiger partial charge in [-0.1, -0.05) is 13.0 Å². The monoisotopic (exact) mass is 306 g/mol. The van der Waals surface area contributed by atoms with Gasteiger partial charge in [0, 0.05) is 34.6 Å². The molecule has 0 unspecified atom stereocenters. The van der Waals surface area contributed by atoms with Crippen molar-refractivity contribution in [3.05, 3.63) is 34.5 Å². The summed E-state index contributed by atoms with van der Waals surface area (Å²) in [5.74, 6) is 0.744. The van der Waals surface area contributed by atoms with E-state index in [4.69, 9.17) is 5.73 Å². The van der Waals surface area contributed by atoms with Crippen LogP contribution in [0.5, 0.6) is 0 Å². The molecule has 0 spiro atoms. The van der Waals surface area contributed by atoms with Gasteiger partial charge < -0.3 is 5.73 Å². The van der Waals surface area contributed by atoms with E-state index >= 15 is 0 Å². The maximum atomic E-state index is 14.3. The highest BCUT2D eigenvalue weighted by molar-refractivity contribution is 7.19. The maximum Gasteiger partial charge on any atom is 0.132 e. The molecule has 2 nitrogen and oxygen atoms in total. The lowest BCUT2D eigenvalue weighted by Gasteiger charge is -2.22. The second-order valence-corrected chi connectivity index (χ2v) is 7.14. The number of hydrogen-bond donors (Lipinski definition) is 1. The van der Waals surface area contributed by atoms with Crippen LogP contribution in [0.3, 0.4) is 0 Å². The van der Waals surface area contributed by atoms with E-state index in [-0.39, 0.29) is 5.82 Å². The van der Waals surface area contributed by atoms with Gasteiger partial charge in [-0.2, -0.15) is 0 Å². The normalized spacial score (nSPS) is 15.2. The van der Waals surface area contributed by atoms with Gasteiger partial charge in [-0.15, -0.1) is 11.3 Å². The Balaban J connectivity index is 1.93. The first-order valence-corrected chi connectivity index (χ1v) is 8.65. The molecule has 21 heavy (non-hydrogen) atoms. The van der Waals surface area contributed by atoms with Crippen LogP contribution in [0, 0.1) is 11.7 Å². The molecule has 1 heterocycles. The van der Waals surface area contributed by atoms with Crippen molar-refractivity contribution < 1.29 is 4.39 Å². The predicted molar refractivity (Wildman–Crippen MR) is 88.0 cm³/mol. The maximum absolute atomic E-state index is 14.3. The molecule has 2 aromatic rings. The van der Waals surface area contributed by atoms with Crippen LogP contribution in [0.15, 0.2) is 18.2 Å². The third kappa shape index (κ3) is 3.28. The molecule has 1 aromatic heterocycles. The fourth-order valence-electron chi connectivity index (χ4n) is 2.99. The number of benzene rings is 1. The molecule has 1 saturated carbocycles. The predicted octanol–water partition coefficient (Wildman–Crippen LogP) is 4.12. The number of nitrogens with two attached hydrogens (primary N) is 1. The third-order valence-corrected chi connectivity index (χ3v) is 5.39. The molecule has 0 atom stereocenters. The van der Waals surface area contributed by atoms with E-state index in [2.05, 4.69) is 11.8 Å². The van der Waals surface area contributed by atoms with Crippen LogP contribution in [0.25, 0.3) is 10.1 Å². The van der Waals surface area contributed by atoms with E-state index in [0.717, 1.165) is 52.5 Å². The van der Waals surface area contributed by atoms with Crippen molar-refractivity contribution in [1.29, 1.82) is 0 Å². The fourth-order valence-corrected chi connectivity index (χ4v) is 4.10. The quantitative estimate of drug-likeness (QED) is 0.833. The van der Waals surface area contributed by atoms with E-state index in [1.54, 1.807) is 23.5 Å². The molecular formula is C17H23FN2S. The minimum atomic E-state index is -0.110. The van der Waals surface area contributed by atoms with Crippen LogP contribution in [0.2, 0.25) is 0 Å². The Morgan fingerprint density at radius 1 is 1.38 bits per heavy atom. The van der Waals surface area contributed by atoms with Crippen molar-refractivity contribution in [3.63, 3.8) is 0 Å². The number of nitrogens with zero attached hydrogens (tertiary/aromatic N) is 1. The summed E-state index contributed by atoms with van der Waals surface area (Å²) in [5, 5.41) is 0.792. The SMILES string of the molecule is CCCN(Cc1c(CN)sc2cccc(F)c12)CC1CC1. The number of halogens is 1. The highest BCUT2D eigenvalue weighted by atomic mass is 32.1. The zero-order chi connectivity index (χ0) is 14.8. The molecule has 1 aliphatic carbocycles. The van der Waals surface area contributed by atoms with Crippen molar-refractivity contribution >= 4 is 21.4 Å². The van der Waals surface area contributed by atoms with E-state index in [9.17, 15) is 4.39 Å². The Morgan fingerprint density at radius 3 is 2.86 bits per heavy atom. The van der Waals surface area contributed by atoms with Gasteiger partial charge in [0.2, 0.25) is 0 Å². The van der Waals surface area contributed by atoms with Crippen molar-refractivity contribution in [2.45, 2.75) is 39.3 Å². The molecule has 3 rings (SSSR count). The highest BCUT2D eigenvalue weighted by Crippen LogP contribution is 2.35. The first kappa shape index (κ1) is 14.9. The van der Waals surface area contributed by atoms with Crippen molar-refractivity contribution in [1.82, 2.24) is 4.90 Å². The van der Waals surface area contributed by atoms with Gasteiger partial charge in [-0.05, 0) is 49.4 Å². The second kappa shape index (κ2) is 6.42. The standard InChI is InChI=1S/C17H23FN2S/c1-2-8-20(10-12-6-7-12)11-13-16(9-19)21-15-5-3-4-14(18)17(13)15/h3-5,12H,2,6-11,19H2,1H3. The molecule has 0 bridgehead atoms. The minimum absolute atomic E-state index is 0.110. The largest absolute Gasteiger partial charge is 0.326 e. The summed E-state index contributed by atoms with van der Waals surface area (Å²) >= 11 is 1.64. The molecule has 1 aromatic carbocycles. The zero-order valence-electron chi connectivity index (χ0n) is 12.6. The fraction of sp³-hybridized carbons (Fsp3) is 0.529. The van der Waals surface area contributed by atoms with E-state index in [1.165, 1.54) is 12.8 Å². The minimum Gasteiger partial charge on any atom is -0.326 e. The molecule has 0 saturated heterocycles. The van der Waals surface area contributed by atoms with Crippen molar-refractivity contribution in [2.75, 3.05) is 13.1 Å². The molecular weight excluding hydrogens is 283 g/mol. The molecule has 1 fully saturated rings. The summed E-state index contributed by atoms with van der Waals surface area (Å²) in [6.45, 7) is 5.75. The summed E-state index contributed by atoms with van der Waals surface area (Å²) < 4.78 is 15.3. The number of fused-ring (bicyclic) bond motifs is 1. The molecule has 4 heteroatoms. The molecule has 0 amide bonds. The van der Waals surface area contributed by atoms with Gasteiger partial charge in [0.15, 0.2) is 0 Å². The Hall–Kier alpha value is -0.970. The van der Waals surface area contributed by atoms with Crippen molar-refractivity contribution in [3.8, 4) is 0 Å². The van der Waals surface area contributed by atoms with E-state index < -0.39 is 0 Å². The summed E-state index contributed by atoms with van der Waals surface area (Å²) in [5.41, 5.74) is 7.01. The summed E-state index contributed by atoms with van der Waals surface area (Å²) in [6, 6.07) is 5.34. The third-order valence-electron chi connectivity index (χ3n) is 4.17. The number of rotatable bonds is 7. The first-order chi connectivity index (χ1) is 10.2. The lowest BCUT2D eigenvalue weighted by molar-refractivity contribution is 0.255. The summed E-state index contributed by atoms with van der Waals surface area (Å²) in [4.78, 5) is 3.61. The Morgan fingerprint density at radius 2 is 2.19 bits per heavy atom. The first-order valence-electron chi connectivity index (χ1n) is 7.84. The molecule has 0 radical (unpaired) electrons. The zero-order valence-corrected chi connectivity index (χ0v) is 13.4. The average Bonchev–Trinajstić information content (AvgIpc) is 3.20. The van der Waals surface area contributed by atoms with Gasteiger partial charge in [0.05, 0.1) is 0 Å². The van der Waals surface area contributed by atoms with Crippen LogP contribution in [-0.4, -0.2) is 18.0 Å². The molecule has 114 valence electrons. The average molecular weight is 306 g/mol. The van der Waals surface area contributed by atoms with Crippen LogP contribution >= 0.6 is 11.3 Å². The lowest BCUT2D eigenvalue weighted by atomic mass is 10.1. The van der Waals surface area contributed by atoms with Crippen LogP contribution in [0.4, 0.5) is 4.39 Å². The smallest absolute Gasteiger partial charge is 0.132 e. The topological polar surface area (TPSA) is 29.3 Å². The number of thiophene rings is 1. The lowest BCUT2D eigenvalue weighted by Crippen LogP contribution is -2.27. The summed E-state index contributed by atoms with van der Waals surface area (Å²) in [6.07, 6.45) is 3.83. The van der Waals surface area contributed by atoms with Gasteiger partial charge in [-0.25, -0.2) is 4.39 Å². The van der Waals surface area contributed by atoms with E-state index in [0.29, 0.717) is 6.54 Å². The Bertz CT molecular complexity index is 619. The van der Waals surface area contributed by atoms with Crippen LogP contribution < -0.4 is 5.73 Å². The summed E-state index contributed by atoms with van der Waals surface area (Å²) in [7, 11) is 0. The number of hydrogen-bond acceptors (Lipinski definition) is 3. The molecule has 0 aliphatic heterocycles. The van der Waals surface area contributed by atoms with Gasteiger partial charge in [0.25, 0.3) is 0 Å². The second-order valence-electron chi connectivity index (χ2n) is 6.00. The van der Waals surface area contributed by atoms with Crippen LogP contribution in [-0.2, 0) is 13.1 Å². The Labute approximate surface area is 129 Å². The molecule has 1 aliphatic rings.